The van der Waals surface area contributed by atoms with E-state index in [2.05, 4.69) is 31.3 Å². The Morgan fingerprint density at radius 3 is 1.26 bits per heavy atom. The highest BCUT2D eigenvalue weighted by atomic mass is 16.7. The average Bonchev–Trinajstić information content (AvgIpc) is 3.46. The van der Waals surface area contributed by atoms with Crippen LogP contribution in [0, 0.1) is 0 Å². The molecule has 1 amide bonds. The van der Waals surface area contributed by atoms with E-state index < -0.39 is 86.8 Å². The van der Waals surface area contributed by atoms with Crippen LogP contribution in [-0.2, 0) is 23.7 Å². The van der Waals surface area contributed by atoms with Crippen molar-refractivity contribution in [3.8, 4) is 0 Å². The van der Waals surface area contributed by atoms with Crippen molar-refractivity contribution >= 4 is 5.91 Å². The highest BCUT2D eigenvalue weighted by molar-refractivity contribution is 5.76. The molecule has 2 aliphatic heterocycles. The molecule has 9 N–H and O–H groups in total. The summed E-state index contributed by atoms with van der Waals surface area (Å²) in [4.78, 5) is 13.2. The van der Waals surface area contributed by atoms with Gasteiger partial charge in [0.1, 0.15) is 48.8 Å². The first-order valence-corrected chi connectivity index (χ1v) is 32.6. The number of hydrogen-bond donors (Lipinski definition) is 9. The van der Waals surface area contributed by atoms with Gasteiger partial charge in [-0.2, -0.15) is 0 Å². The average molecular weight is 1110 g/mol. The van der Waals surface area contributed by atoms with Crippen LogP contribution >= 0.6 is 0 Å². The Hall–Kier alpha value is -1.53. The van der Waals surface area contributed by atoms with Gasteiger partial charge in [0.25, 0.3) is 0 Å². The molecule has 0 aromatic heterocycles. The number of carbonyl (C=O) groups is 1. The minimum absolute atomic E-state index is 0.248. The minimum Gasteiger partial charge on any atom is -0.394 e. The van der Waals surface area contributed by atoms with E-state index >= 15 is 0 Å². The molecule has 78 heavy (non-hydrogen) atoms. The van der Waals surface area contributed by atoms with Gasteiger partial charge in [-0.05, 0) is 32.1 Å². The van der Waals surface area contributed by atoms with Crippen LogP contribution in [0.2, 0.25) is 0 Å². The van der Waals surface area contributed by atoms with Crippen molar-refractivity contribution in [2.24, 2.45) is 0 Å². The van der Waals surface area contributed by atoms with Crippen molar-refractivity contribution < 1.29 is 64.6 Å². The van der Waals surface area contributed by atoms with Crippen molar-refractivity contribution in [1.82, 2.24) is 5.32 Å². The second-order valence-corrected chi connectivity index (χ2v) is 23.2. The molecule has 0 aromatic rings. The first-order chi connectivity index (χ1) is 38.1. The summed E-state index contributed by atoms with van der Waals surface area (Å²) in [5, 5.41) is 87.0. The lowest BCUT2D eigenvalue weighted by Gasteiger charge is -2.46. The van der Waals surface area contributed by atoms with Gasteiger partial charge in [0.15, 0.2) is 12.6 Å². The number of unbranched alkanes of at least 4 members (excludes halogenated alkanes) is 38. The summed E-state index contributed by atoms with van der Waals surface area (Å²) in [5.74, 6) is -0.248. The molecule has 0 aliphatic carbocycles. The zero-order valence-corrected chi connectivity index (χ0v) is 49.7. The standard InChI is InChI=1S/C64H121NO13/c1-3-5-7-9-11-13-15-16-17-18-19-20-21-22-23-24-25-26-27-28-29-30-31-32-33-34-35-36-38-39-41-43-45-47-53(68)52(65-56(69)48-46-44-42-40-37-14-12-10-8-6-4-2)51-75-63-61(74)59(72)62(55(50-67)77-63)78-64-60(73)58(71)57(70)54(49-66)76-64/h38-39,45,47,52-55,57-64,66-68,70-74H,3-37,40-44,46,48-51H2,1-2H3,(H,65,69)/b39-38+,47-45+. The van der Waals surface area contributed by atoms with E-state index in [4.69, 9.17) is 18.9 Å². The third kappa shape index (κ3) is 34.8. The zero-order chi connectivity index (χ0) is 56.7. The van der Waals surface area contributed by atoms with Crippen LogP contribution in [0.15, 0.2) is 24.3 Å². The maximum atomic E-state index is 13.2. The molecule has 2 heterocycles. The molecule has 0 bridgehead atoms. The third-order valence-corrected chi connectivity index (χ3v) is 16.1. The van der Waals surface area contributed by atoms with E-state index in [-0.39, 0.29) is 18.9 Å². The summed E-state index contributed by atoms with van der Waals surface area (Å²) in [6.07, 6.45) is 44.1. The van der Waals surface area contributed by atoms with Crippen LogP contribution in [0.1, 0.15) is 284 Å². The van der Waals surface area contributed by atoms with Crippen molar-refractivity contribution in [2.45, 2.75) is 357 Å². The Morgan fingerprint density at radius 1 is 0.449 bits per heavy atom. The molecule has 2 saturated heterocycles. The Morgan fingerprint density at radius 2 is 0.821 bits per heavy atom. The summed E-state index contributed by atoms with van der Waals surface area (Å²) in [6.45, 7) is 2.79. The van der Waals surface area contributed by atoms with Crippen LogP contribution in [0.4, 0.5) is 0 Å². The fourth-order valence-corrected chi connectivity index (χ4v) is 10.9. The van der Waals surface area contributed by atoms with E-state index in [1.807, 2.05) is 6.08 Å². The van der Waals surface area contributed by atoms with Crippen LogP contribution in [0.25, 0.3) is 0 Å². The number of allylic oxidation sites excluding steroid dienone is 3. The number of nitrogens with one attached hydrogen (secondary N) is 1. The quantitative estimate of drug-likeness (QED) is 0.0204. The molecule has 0 aromatic carbocycles. The molecule has 12 unspecified atom stereocenters. The Labute approximate surface area is 475 Å². The predicted molar refractivity (Wildman–Crippen MR) is 314 cm³/mol. The Kier molecular flexibility index (Phi) is 46.5. The van der Waals surface area contributed by atoms with E-state index in [1.54, 1.807) is 6.08 Å². The Balaban J connectivity index is 1.64. The lowest BCUT2D eigenvalue weighted by molar-refractivity contribution is -0.359. The second-order valence-electron chi connectivity index (χ2n) is 23.2. The summed E-state index contributed by atoms with van der Waals surface area (Å²) in [6, 6.07) is -0.927. The summed E-state index contributed by atoms with van der Waals surface area (Å²) >= 11 is 0. The number of aliphatic hydroxyl groups is 8. The fourth-order valence-electron chi connectivity index (χ4n) is 10.9. The maximum Gasteiger partial charge on any atom is 0.220 e. The van der Waals surface area contributed by atoms with Gasteiger partial charge in [0, 0.05) is 6.42 Å². The molecule has 12 atom stereocenters. The first-order valence-electron chi connectivity index (χ1n) is 32.6. The molecule has 460 valence electrons. The normalized spacial score (nSPS) is 24.6. The highest BCUT2D eigenvalue weighted by Gasteiger charge is 2.51. The number of carbonyl (C=O) groups excluding carboxylic acids is 1. The van der Waals surface area contributed by atoms with Gasteiger partial charge in [-0.3, -0.25) is 4.79 Å². The number of amides is 1. The first kappa shape index (κ1) is 72.6. The van der Waals surface area contributed by atoms with Crippen LogP contribution in [0.5, 0.6) is 0 Å². The van der Waals surface area contributed by atoms with Gasteiger partial charge >= 0.3 is 0 Å². The highest BCUT2D eigenvalue weighted by Crippen LogP contribution is 2.30. The van der Waals surface area contributed by atoms with Gasteiger partial charge in [0.05, 0.1) is 32.0 Å². The van der Waals surface area contributed by atoms with Gasteiger partial charge in [-0.1, -0.05) is 269 Å². The number of rotatable bonds is 53. The summed E-state index contributed by atoms with van der Waals surface area (Å²) in [7, 11) is 0. The molecule has 2 aliphatic rings. The fraction of sp³-hybridized carbons (Fsp3) is 0.922. The number of ether oxygens (including phenoxy) is 4. The molecular weight excluding hydrogens is 991 g/mol. The molecule has 2 fully saturated rings. The van der Waals surface area contributed by atoms with Crippen LogP contribution < -0.4 is 5.32 Å². The largest absolute Gasteiger partial charge is 0.394 e. The SMILES string of the molecule is CCCCCCCCCCCCCCCCCCCCCCCCCCCCC/C=C/CC/C=C/C(O)C(COC1OC(CO)C(OC2OC(CO)C(O)C(O)C2O)C(O)C1O)NC(=O)CCCCCCCCCCCCC. The lowest BCUT2D eigenvalue weighted by atomic mass is 9.97. The van der Waals surface area contributed by atoms with Gasteiger partial charge < -0.3 is 65.1 Å². The smallest absolute Gasteiger partial charge is 0.220 e. The van der Waals surface area contributed by atoms with Crippen LogP contribution in [0.3, 0.4) is 0 Å². The van der Waals surface area contributed by atoms with E-state index in [9.17, 15) is 45.6 Å². The van der Waals surface area contributed by atoms with Crippen LogP contribution in [-0.4, -0.2) is 140 Å². The summed E-state index contributed by atoms with van der Waals surface area (Å²) < 4.78 is 22.7. The van der Waals surface area contributed by atoms with E-state index in [0.29, 0.717) is 12.8 Å². The third-order valence-electron chi connectivity index (χ3n) is 16.1. The predicted octanol–water partition coefficient (Wildman–Crippen LogP) is 12.0. The molecule has 2 rings (SSSR count). The minimum atomic E-state index is -1.79. The van der Waals surface area contributed by atoms with Crippen molar-refractivity contribution in [3.63, 3.8) is 0 Å². The van der Waals surface area contributed by atoms with Gasteiger partial charge in [-0.25, -0.2) is 0 Å². The van der Waals surface area contributed by atoms with E-state index in [0.717, 1.165) is 32.1 Å². The molecule has 0 spiro atoms. The number of hydrogen-bond acceptors (Lipinski definition) is 13. The topological polar surface area (TPSA) is 228 Å². The molecule has 0 saturated carbocycles. The van der Waals surface area contributed by atoms with E-state index in [1.165, 1.54) is 218 Å². The maximum absolute atomic E-state index is 13.2. The summed E-state index contributed by atoms with van der Waals surface area (Å²) in [5.41, 5.74) is 0. The van der Waals surface area contributed by atoms with Crippen molar-refractivity contribution in [1.29, 1.82) is 0 Å². The molecule has 14 nitrogen and oxygen atoms in total. The lowest BCUT2D eigenvalue weighted by Crippen LogP contribution is -2.65. The molecular formula is C64H121NO13. The van der Waals surface area contributed by atoms with Gasteiger partial charge in [-0.15, -0.1) is 0 Å². The van der Waals surface area contributed by atoms with Crippen molar-refractivity contribution in [3.05, 3.63) is 24.3 Å². The monoisotopic (exact) mass is 1110 g/mol. The molecule has 14 heteroatoms. The zero-order valence-electron chi connectivity index (χ0n) is 49.7. The van der Waals surface area contributed by atoms with Crippen molar-refractivity contribution in [2.75, 3.05) is 19.8 Å². The number of aliphatic hydroxyl groups excluding tert-OH is 8. The Bertz CT molecular complexity index is 1400. The molecule has 0 radical (unpaired) electrons. The van der Waals surface area contributed by atoms with Gasteiger partial charge in [0.2, 0.25) is 5.91 Å². The second kappa shape index (κ2) is 50.0.